The lowest BCUT2D eigenvalue weighted by Gasteiger charge is -2.38. The summed E-state index contributed by atoms with van der Waals surface area (Å²) in [6.45, 7) is 0. The molecule has 0 bridgehead atoms. The average Bonchev–Trinajstić information content (AvgIpc) is 2.96. The third-order valence-corrected chi connectivity index (χ3v) is 6.88. The summed E-state index contributed by atoms with van der Waals surface area (Å²) < 4.78 is 16.6. The lowest BCUT2D eigenvalue weighted by Crippen LogP contribution is -2.61. The maximum Gasteiger partial charge on any atom is 0.335 e. The van der Waals surface area contributed by atoms with E-state index in [1.165, 1.54) is 24.3 Å². The first-order valence-electron chi connectivity index (χ1n) is 12.5. The molecule has 41 heavy (non-hydrogen) atoms. The topological polar surface area (TPSA) is 207 Å². The maximum absolute atomic E-state index is 13.7. The molecule has 5 rings (SSSR count). The van der Waals surface area contributed by atoms with Crippen molar-refractivity contribution in [2.75, 3.05) is 0 Å². The molecule has 7 N–H and O–H groups in total. The summed E-state index contributed by atoms with van der Waals surface area (Å²) in [6.07, 6.45) is -9.11. The van der Waals surface area contributed by atoms with Crippen LogP contribution in [0.2, 0.25) is 0 Å². The highest BCUT2D eigenvalue weighted by atomic mass is 16.7. The number of aromatic hydroxyl groups is 3. The van der Waals surface area contributed by atoms with Crippen LogP contribution in [0.5, 0.6) is 23.0 Å². The molecule has 1 saturated heterocycles. The second kappa shape index (κ2) is 11.1. The summed E-state index contributed by atoms with van der Waals surface area (Å²) in [5, 5.41) is 70.5. The summed E-state index contributed by atoms with van der Waals surface area (Å²) in [4.78, 5) is 25.2. The Bertz CT molecular complexity index is 1630. The molecule has 2 heterocycles. The standard InChI is InChI=1S/C29H26O12/c30-15-9-7-14(8-10-15)26-16(11-6-13-4-2-1-3-5-13)20(31)19-17(39-26)12-18(21(32)22(19)33)40-29-25(36)23(34)24(35)27(41-29)28(37)38/h1-5,7-10,12,23-25,27,29-30,32-36H,6,11H2,(H,37,38)/t23-,24-,25+,27-,29+/m0/s1. The van der Waals surface area contributed by atoms with Crippen LogP contribution in [0.25, 0.3) is 22.3 Å². The Morgan fingerprint density at radius 3 is 2.20 bits per heavy atom. The van der Waals surface area contributed by atoms with Gasteiger partial charge in [0.1, 0.15) is 40.8 Å². The van der Waals surface area contributed by atoms with Crippen LogP contribution in [0.4, 0.5) is 0 Å². The van der Waals surface area contributed by atoms with Crippen molar-refractivity contribution in [2.24, 2.45) is 0 Å². The number of aliphatic hydroxyl groups excluding tert-OH is 3. The van der Waals surface area contributed by atoms with E-state index in [0.29, 0.717) is 12.0 Å². The number of phenols is 3. The Kier molecular flexibility index (Phi) is 7.56. The number of aliphatic hydroxyl groups is 3. The number of carbonyl (C=O) groups is 1. The van der Waals surface area contributed by atoms with Gasteiger partial charge in [0.05, 0.1) is 0 Å². The van der Waals surface area contributed by atoms with Crippen LogP contribution in [-0.4, -0.2) is 72.4 Å². The van der Waals surface area contributed by atoms with E-state index >= 15 is 0 Å². The maximum atomic E-state index is 13.7. The van der Waals surface area contributed by atoms with Gasteiger partial charge in [-0.1, -0.05) is 30.3 Å². The molecule has 214 valence electrons. The predicted octanol–water partition coefficient (Wildman–Crippen LogP) is 1.63. The minimum Gasteiger partial charge on any atom is -0.508 e. The number of phenolic OH excluding ortho intramolecular Hbond substituents is 3. The van der Waals surface area contributed by atoms with E-state index in [1.807, 2.05) is 30.3 Å². The summed E-state index contributed by atoms with van der Waals surface area (Å²) >= 11 is 0. The molecule has 1 aromatic heterocycles. The highest BCUT2D eigenvalue weighted by Crippen LogP contribution is 2.43. The lowest BCUT2D eigenvalue weighted by atomic mass is 9.98. The monoisotopic (exact) mass is 566 g/mol. The largest absolute Gasteiger partial charge is 0.508 e. The first-order chi connectivity index (χ1) is 19.6. The first-order valence-corrected chi connectivity index (χ1v) is 12.5. The summed E-state index contributed by atoms with van der Waals surface area (Å²) in [5.41, 5.74) is 0.711. The highest BCUT2D eigenvalue weighted by molar-refractivity contribution is 5.90. The fraction of sp³-hybridized carbons (Fsp3) is 0.241. The van der Waals surface area contributed by atoms with E-state index in [-0.39, 0.29) is 34.5 Å². The second-order valence-corrected chi connectivity index (χ2v) is 9.57. The van der Waals surface area contributed by atoms with Crippen LogP contribution in [-0.2, 0) is 22.4 Å². The Morgan fingerprint density at radius 1 is 0.854 bits per heavy atom. The molecular weight excluding hydrogens is 540 g/mol. The molecule has 1 aliphatic heterocycles. The van der Waals surface area contributed by atoms with E-state index < -0.39 is 59.4 Å². The number of aliphatic carboxylic acids is 1. The zero-order valence-electron chi connectivity index (χ0n) is 21.2. The zero-order valence-corrected chi connectivity index (χ0v) is 21.2. The van der Waals surface area contributed by atoms with Crippen molar-refractivity contribution in [3.63, 3.8) is 0 Å². The molecule has 0 aliphatic carbocycles. The number of carboxylic acid groups (broad SMARTS) is 1. The van der Waals surface area contributed by atoms with Crippen molar-refractivity contribution in [2.45, 2.75) is 43.5 Å². The van der Waals surface area contributed by atoms with Crippen LogP contribution in [0.3, 0.4) is 0 Å². The van der Waals surface area contributed by atoms with Crippen LogP contribution < -0.4 is 10.2 Å². The van der Waals surface area contributed by atoms with Crippen molar-refractivity contribution in [1.29, 1.82) is 0 Å². The van der Waals surface area contributed by atoms with E-state index in [9.17, 15) is 45.3 Å². The van der Waals surface area contributed by atoms with E-state index in [1.54, 1.807) is 0 Å². The van der Waals surface area contributed by atoms with Crippen molar-refractivity contribution < 1.29 is 54.4 Å². The van der Waals surface area contributed by atoms with Crippen LogP contribution in [0.1, 0.15) is 11.1 Å². The smallest absolute Gasteiger partial charge is 0.335 e. The van der Waals surface area contributed by atoms with Gasteiger partial charge in [0.15, 0.2) is 23.0 Å². The molecule has 0 spiro atoms. The SMILES string of the molecule is O=C(O)[C@H]1O[C@@H](Oc2cc3oc(-c4ccc(O)cc4)c(CCc4ccccc4)c(=O)c3c(O)c2O)[C@H](O)[C@@H](O)[C@@H]1O. The van der Waals surface area contributed by atoms with Gasteiger partial charge < -0.3 is 49.6 Å². The Labute approximate surface area is 231 Å². The van der Waals surface area contributed by atoms with Gasteiger partial charge >= 0.3 is 5.97 Å². The summed E-state index contributed by atoms with van der Waals surface area (Å²) in [5.74, 6) is -3.92. The third kappa shape index (κ3) is 5.28. The van der Waals surface area contributed by atoms with Crippen LogP contribution in [0.15, 0.2) is 69.9 Å². The van der Waals surface area contributed by atoms with Gasteiger partial charge in [-0.2, -0.15) is 0 Å². The van der Waals surface area contributed by atoms with Gasteiger partial charge in [-0.05, 0) is 42.7 Å². The Morgan fingerprint density at radius 2 is 1.54 bits per heavy atom. The van der Waals surface area contributed by atoms with E-state index in [0.717, 1.165) is 11.6 Å². The lowest BCUT2D eigenvalue weighted by molar-refractivity contribution is -0.271. The number of hydrogen-bond donors (Lipinski definition) is 7. The number of fused-ring (bicyclic) bond motifs is 1. The van der Waals surface area contributed by atoms with Crippen LogP contribution >= 0.6 is 0 Å². The molecule has 0 unspecified atom stereocenters. The summed E-state index contributed by atoms with van der Waals surface area (Å²) in [7, 11) is 0. The average molecular weight is 567 g/mol. The molecule has 5 atom stereocenters. The fourth-order valence-electron chi connectivity index (χ4n) is 4.69. The van der Waals surface area contributed by atoms with Crippen molar-refractivity contribution in [3.8, 4) is 34.3 Å². The quantitative estimate of drug-likeness (QED) is 0.159. The molecule has 12 nitrogen and oxygen atoms in total. The Balaban J connectivity index is 1.60. The number of rotatable bonds is 7. The van der Waals surface area contributed by atoms with E-state index in [4.69, 9.17) is 13.9 Å². The molecule has 3 aromatic carbocycles. The first kappa shape index (κ1) is 27.9. The van der Waals surface area contributed by atoms with Gasteiger partial charge in [0.25, 0.3) is 0 Å². The number of aryl methyl sites for hydroxylation is 1. The van der Waals surface area contributed by atoms with Crippen molar-refractivity contribution in [1.82, 2.24) is 0 Å². The molecule has 0 radical (unpaired) electrons. The number of carboxylic acids is 1. The third-order valence-electron chi connectivity index (χ3n) is 6.88. The minimum absolute atomic E-state index is 0.0148. The molecule has 4 aromatic rings. The van der Waals surface area contributed by atoms with Crippen LogP contribution in [0, 0.1) is 0 Å². The minimum atomic E-state index is -1.97. The van der Waals surface area contributed by atoms with E-state index in [2.05, 4.69) is 0 Å². The fourth-order valence-corrected chi connectivity index (χ4v) is 4.69. The predicted molar refractivity (Wildman–Crippen MR) is 142 cm³/mol. The van der Waals surface area contributed by atoms with Crippen molar-refractivity contribution >= 4 is 16.9 Å². The van der Waals surface area contributed by atoms with Gasteiger partial charge in [-0.3, -0.25) is 4.79 Å². The van der Waals surface area contributed by atoms with Gasteiger partial charge in [0.2, 0.25) is 12.0 Å². The van der Waals surface area contributed by atoms with Gasteiger partial charge in [0, 0.05) is 17.2 Å². The second-order valence-electron chi connectivity index (χ2n) is 9.57. The molecule has 0 saturated carbocycles. The molecule has 1 fully saturated rings. The summed E-state index contributed by atoms with van der Waals surface area (Å²) in [6, 6.07) is 16.3. The Hall–Kier alpha value is -4.62. The molecule has 1 aliphatic rings. The normalized spacial score (nSPS) is 22.5. The van der Waals surface area contributed by atoms with Gasteiger partial charge in [-0.25, -0.2) is 4.79 Å². The van der Waals surface area contributed by atoms with Gasteiger partial charge in [-0.15, -0.1) is 0 Å². The number of benzene rings is 3. The van der Waals surface area contributed by atoms with Crippen molar-refractivity contribution in [3.05, 3.63) is 82.0 Å². The number of hydrogen-bond acceptors (Lipinski definition) is 11. The molecule has 0 amide bonds. The molecular formula is C29H26O12. The number of ether oxygens (including phenoxy) is 2. The zero-order chi connectivity index (χ0) is 29.4. The highest BCUT2D eigenvalue weighted by Gasteiger charge is 2.48. The molecule has 12 heteroatoms.